The van der Waals surface area contributed by atoms with Gasteiger partial charge in [0.1, 0.15) is 0 Å². The summed E-state index contributed by atoms with van der Waals surface area (Å²) in [7, 11) is -3.39. The van der Waals surface area contributed by atoms with Crippen LogP contribution >= 0.6 is 0 Å². The van der Waals surface area contributed by atoms with Gasteiger partial charge in [-0.1, -0.05) is 35.4 Å². The van der Waals surface area contributed by atoms with Crippen LogP contribution < -0.4 is 4.72 Å². The van der Waals surface area contributed by atoms with Crippen LogP contribution in [-0.4, -0.2) is 15.0 Å². The number of allylic oxidation sites excluding steroid dienone is 2. The van der Waals surface area contributed by atoms with Crippen molar-refractivity contribution in [3.8, 4) is 0 Å². The molecule has 0 amide bonds. The third-order valence-corrected chi connectivity index (χ3v) is 4.48. The first-order valence-electron chi connectivity index (χ1n) is 6.78. The number of hydrogen-bond donors (Lipinski definition) is 1. The summed E-state index contributed by atoms with van der Waals surface area (Å²) in [5, 5.41) is 0. The molecule has 3 nitrogen and oxygen atoms in total. The summed E-state index contributed by atoms with van der Waals surface area (Å²) in [6.07, 6.45) is 6.60. The fourth-order valence-electron chi connectivity index (χ4n) is 1.74. The van der Waals surface area contributed by atoms with Crippen molar-refractivity contribution in [3.05, 3.63) is 54.1 Å². The van der Waals surface area contributed by atoms with Gasteiger partial charge in [-0.2, -0.15) is 0 Å². The average Bonchev–Trinajstić information content (AvgIpc) is 2.42. The lowest BCUT2D eigenvalue weighted by Gasteiger charge is -2.06. The van der Waals surface area contributed by atoms with Gasteiger partial charge in [0.2, 0.25) is 10.0 Å². The molecule has 0 aliphatic carbocycles. The zero-order valence-electron chi connectivity index (χ0n) is 12.2. The van der Waals surface area contributed by atoms with Gasteiger partial charge in [0.25, 0.3) is 0 Å². The molecule has 0 spiro atoms. The van der Waals surface area contributed by atoms with E-state index in [1.54, 1.807) is 24.3 Å². The van der Waals surface area contributed by atoms with E-state index in [2.05, 4.69) is 24.3 Å². The van der Waals surface area contributed by atoms with E-state index >= 15 is 0 Å². The Morgan fingerprint density at radius 3 is 2.50 bits per heavy atom. The Kier molecular flexibility index (Phi) is 6.68. The third-order valence-electron chi connectivity index (χ3n) is 3.00. The van der Waals surface area contributed by atoms with E-state index in [1.807, 2.05) is 13.0 Å². The quantitative estimate of drug-likeness (QED) is 0.588. The number of nitrogens with one attached hydrogen (secondary N) is 1. The summed E-state index contributed by atoms with van der Waals surface area (Å²) in [5.74, 6) is 0. The van der Waals surface area contributed by atoms with Crippen molar-refractivity contribution in [2.24, 2.45) is 0 Å². The molecular formula is C16H23NO2S. The summed E-state index contributed by atoms with van der Waals surface area (Å²) in [6.45, 7) is 8.09. The highest BCUT2D eigenvalue weighted by molar-refractivity contribution is 7.89. The number of benzene rings is 1. The number of hydrogen-bond acceptors (Lipinski definition) is 2. The molecule has 1 aromatic rings. The van der Waals surface area contributed by atoms with Gasteiger partial charge in [0.15, 0.2) is 0 Å². The second kappa shape index (κ2) is 8.02. The summed E-state index contributed by atoms with van der Waals surface area (Å²) in [4.78, 5) is 0.315. The van der Waals surface area contributed by atoms with Gasteiger partial charge >= 0.3 is 0 Å². The molecule has 20 heavy (non-hydrogen) atoms. The first-order chi connectivity index (χ1) is 9.45. The summed E-state index contributed by atoms with van der Waals surface area (Å²) in [6, 6.07) is 6.85. The maximum atomic E-state index is 12.0. The molecule has 4 heteroatoms. The van der Waals surface area contributed by atoms with E-state index in [0.717, 1.165) is 18.4 Å². The van der Waals surface area contributed by atoms with Crippen LogP contribution in [0.4, 0.5) is 0 Å². The molecular weight excluding hydrogens is 270 g/mol. The highest BCUT2D eigenvalue weighted by Gasteiger charge is 2.11. The Morgan fingerprint density at radius 2 is 1.90 bits per heavy atom. The van der Waals surface area contributed by atoms with Crippen molar-refractivity contribution in [3.63, 3.8) is 0 Å². The molecule has 1 aromatic carbocycles. The summed E-state index contributed by atoms with van der Waals surface area (Å²) >= 11 is 0. The molecule has 0 bridgehead atoms. The molecule has 0 fully saturated rings. The first-order valence-corrected chi connectivity index (χ1v) is 8.27. The lowest BCUT2D eigenvalue weighted by atomic mass is 10.1. The molecule has 0 saturated carbocycles. The number of rotatable bonds is 8. The second-order valence-electron chi connectivity index (χ2n) is 4.88. The van der Waals surface area contributed by atoms with Gasteiger partial charge in [0.05, 0.1) is 4.90 Å². The van der Waals surface area contributed by atoms with Crippen LogP contribution in [0.25, 0.3) is 0 Å². The summed E-state index contributed by atoms with van der Waals surface area (Å²) < 4.78 is 26.6. The molecule has 110 valence electrons. The molecule has 0 aliphatic heterocycles. The first kappa shape index (κ1) is 16.7. The van der Waals surface area contributed by atoms with E-state index in [9.17, 15) is 8.42 Å². The van der Waals surface area contributed by atoms with Crippen molar-refractivity contribution in [1.29, 1.82) is 0 Å². The largest absolute Gasteiger partial charge is 0.240 e. The van der Waals surface area contributed by atoms with Crippen LogP contribution in [0.2, 0.25) is 0 Å². The smallest absolute Gasteiger partial charge is 0.211 e. The summed E-state index contributed by atoms with van der Waals surface area (Å²) in [5.41, 5.74) is 2.31. The fraction of sp³-hybridized carbons (Fsp3) is 0.375. The lowest BCUT2D eigenvalue weighted by Crippen LogP contribution is -2.24. The third kappa shape index (κ3) is 5.72. The number of sulfonamides is 1. The van der Waals surface area contributed by atoms with Crippen LogP contribution in [-0.2, 0) is 10.0 Å². The van der Waals surface area contributed by atoms with Gasteiger partial charge in [-0.05, 0) is 45.2 Å². The van der Waals surface area contributed by atoms with Gasteiger partial charge in [-0.15, -0.1) is 6.58 Å². The predicted molar refractivity (Wildman–Crippen MR) is 84.2 cm³/mol. The second-order valence-corrected chi connectivity index (χ2v) is 6.64. The van der Waals surface area contributed by atoms with E-state index < -0.39 is 10.0 Å². The molecule has 0 radical (unpaired) electrons. The number of aryl methyl sites for hydroxylation is 1. The standard InChI is InChI=1S/C16H23NO2S/c1-4-5-7-14(2)8-6-13-17-20(18,19)16-11-9-15(3)10-12-16/h4,8-12,17H,1,5-7,13H2,2-3H3/b14-8-. The Labute approximate surface area is 122 Å². The average molecular weight is 293 g/mol. The maximum absolute atomic E-state index is 12.0. The minimum atomic E-state index is -3.39. The zero-order valence-corrected chi connectivity index (χ0v) is 13.0. The molecule has 0 unspecified atom stereocenters. The van der Waals surface area contributed by atoms with Gasteiger partial charge in [-0.3, -0.25) is 0 Å². The normalized spacial score (nSPS) is 12.4. The van der Waals surface area contributed by atoms with Crippen LogP contribution in [0.1, 0.15) is 31.7 Å². The van der Waals surface area contributed by atoms with Crippen LogP contribution in [0.15, 0.2) is 53.5 Å². The topological polar surface area (TPSA) is 46.2 Å². The molecule has 0 aliphatic rings. The minimum absolute atomic E-state index is 0.315. The van der Waals surface area contributed by atoms with Crippen molar-refractivity contribution in [2.45, 2.75) is 38.0 Å². The minimum Gasteiger partial charge on any atom is -0.211 e. The van der Waals surface area contributed by atoms with Crippen LogP contribution in [0, 0.1) is 6.92 Å². The Balaban J connectivity index is 2.48. The monoisotopic (exact) mass is 293 g/mol. The lowest BCUT2D eigenvalue weighted by molar-refractivity contribution is 0.582. The van der Waals surface area contributed by atoms with E-state index in [0.29, 0.717) is 17.9 Å². The van der Waals surface area contributed by atoms with Gasteiger partial charge in [-0.25, -0.2) is 13.1 Å². The fourth-order valence-corrected chi connectivity index (χ4v) is 2.79. The van der Waals surface area contributed by atoms with Crippen LogP contribution in [0.5, 0.6) is 0 Å². The SMILES string of the molecule is C=CCC/C(C)=C\CCNS(=O)(=O)c1ccc(C)cc1. The van der Waals surface area contributed by atoms with E-state index in [1.165, 1.54) is 5.57 Å². The molecule has 0 atom stereocenters. The maximum Gasteiger partial charge on any atom is 0.240 e. The van der Waals surface area contributed by atoms with Gasteiger partial charge in [0, 0.05) is 6.54 Å². The predicted octanol–water partition coefficient (Wildman–Crippen LogP) is 3.58. The Hall–Kier alpha value is -1.39. The van der Waals surface area contributed by atoms with Crippen molar-refractivity contribution >= 4 is 10.0 Å². The highest BCUT2D eigenvalue weighted by atomic mass is 32.2. The van der Waals surface area contributed by atoms with Crippen molar-refractivity contribution < 1.29 is 8.42 Å². The van der Waals surface area contributed by atoms with Crippen molar-refractivity contribution in [2.75, 3.05) is 6.54 Å². The zero-order chi connectivity index (χ0) is 15.0. The highest BCUT2D eigenvalue weighted by Crippen LogP contribution is 2.10. The van der Waals surface area contributed by atoms with Crippen molar-refractivity contribution in [1.82, 2.24) is 4.72 Å². The molecule has 0 heterocycles. The van der Waals surface area contributed by atoms with E-state index in [-0.39, 0.29) is 0 Å². The molecule has 0 aromatic heterocycles. The van der Waals surface area contributed by atoms with Crippen LogP contribution in [0.3, 0.4) is 0 Å². The molecule has 0 saturated heterocycles. The molecule has 1 rings (SSSR count). The Morgan fingerprint density at radius 1 is 1.25 bits per heavy atom. The Bertz CT molecular complexity index is 557. The van der Waals surface area contributed by atoms with Gasteiger partial charge < -0.3 is 0 Å². The van der Waals surface area contributed by atoms with E-state index in [4.69, 9.17) is 0 Å². The molecule has 1 N–H and O–H groups in total.